The van der Waals surface area contributed by atoms with Crippen LogP contribution in [0.1, 0.15) is 19.4 Å². The maximum absolute atomic E-state index is 12.6. The molecule has 24 heavy (non-hydrogen) atoms. The Morgan fingerprint density at radius 1 is 1.29 bits per heavy atom. The summed E-state index contributed by atoms with van der Waals surface area (Å²) in [6, 6.07) is 5.31. The summed E-state index contributed by atoms with van der Waals surface area (Å²) in [6.45, 7) is 4.77. The Labute approximate surface area is 142 Å². The molecule has 0 spiro atoms. The minimum absolute atomic E-state index is 0.0211. The van der Waals surface area contributed by atoms with Crippen molar-refractivity contribution < 1.29 is 14.3 Å². The molecule has 130 valence electrons. The van der Waals surface area contributed by atoms with Crippen molar-refractivity contribution in [2.75, 3.05) is 40.1 Å². The van der Waals surface area contributed by atoms with Crippen molar-refractivity contribution >= 4 is 17.3 Å². The number of likely N-dealkylation sites (N-methyl/N-ethyl adjacent to an activating group) is 1. The van der Waals surface area contributed by atoms with E-state index < -0.39 is 0 Å². The Hall–Kier alpha value is -2.88. The maximum Gasteiger partial charge on any atom is 0.266 e. The van der Waals surface area contributed by atoms with E-state index in [0.29, 0.717) is 41.5 Å². The Morgan fingerprint density at radius 2 is 1.92 bits per heavy atom. The molecular formula is C17H24N4O3. The molecule has 0 aliphatic carbocycles. The first-order valence-electron chi connectivity index (χ1n) is 7.62. The van der Waals surface area contributed by atoms with Crippen molar-refractivity contribution in [3.8, 4) is 17.6 Å². The highest BCUT2D eigenvalue weighted by Gasteiger charge is 2.22. The first-order chi connectivity index (χ1) is 11.5. The summed E-state index contributed by atoms with van der Waals surface area (Å²) >= 11 is 0. The van der Waals surface area contributed by atoms with Gasteiger partial charge in [-0.25, -0.2) is 0 Å². The first-order valence-corrected chi connectivity index (χ1v) is 7.62. The van der Waals surface area contributed by atoms with E-state index in [-0.39, 0.29) is 11.5 Å². The standard InChI is InChI=1S/C17H24N4O3/c1-6-21(7-2)17(22)12(10-18)15(20-3)11-8-13(19)16(24-5)14(9-11)23-4/h8-9,20H,6-7,19H2,1-5H3/b15-12-. The van der Waals surface area contributed by atoms with Crippen LogP contribution in [-0.2, 0) is 4.79 Å². The number of carbonyl (C=O) groups is 1. The molecule has 0 aliphatic rings. The van der Waals surface area contributed by atoms with Gasteiger partial charge in [-0.15, -0.1) is 0 Å². The lowest BCUT2D eigenvalue weighted by molar-refractivity contribution is -0.126. The molecule has 1 aromatic carbocycles. The summed E-state index contributed by atoms with van der Waals surface area (Å²) in [4.78, 5) is 14.2. The van der Waals surface area contributed by atoms with Gasteiger partial charge in [0.1, 0.15) is 11.6 Å². The number of amides is 1. The van der Waals surface area contributed by atoms with Crippen molar-refractivity contribution in [1.29, 1.82) is 5.26 Å². The zero-order chi connectivity index (χ0) is 18.3. The summed E-state index contributed by atoms with van der Waals surface area (Å²) in [7, 11) is 4.64. The second kappa shape index (κ2) is 8.67. The molecule has 0 saturated heterocycles. The van der Waals surface area contributed by atoms with Crippen LogP contribution < -0.4 is 20.5 Å². The summed E-state index contributed by atoms with van der Waals surface area (Å²) in [5, 5.41) is 12.4. The highest BCUT2D eigenvalue weighted by Crippen LogP contribution is 2.36. The highest BCUT2D eigenvalue weighted by atomic mass is 16.5. The van der Waals surface area contributed by atoms with E-state index in [1.54, 1.807) is 24.1 Å². The van der Waals surface area contributed by atoms with E-state index in [4.69, 9.17) is 15.2 Å². The average molecular weight is 332 g/mol. The number of nitrogens with one attached hydrogen (secondary N) is 1. The molecule has 0 atom stereocenters. The maximum atomic E-state index is 12.6. The van der Waals surface area contributed by atoms with E-state index in [9.17, 15) is 10.1 Å². The van der Waals surface area contributed by atoms with Crippen molar-refractivity contribution in [1.82, 2.24) is 10.2 Å². The van der Waals surface area contributed by atoms with Crippen LogP contribution in [0.25, 0.3) is 5.70 Å². The molecule has 1 aromatic rings. The van der Waals surface area contributed by atoms with Gasteiger partial charge in [0.2, 0.25) is 0 Å². The molecule has 0 bridgehead atoms. The number of nitrogen functional groups attached to an aromatic ring is 1. The third kappa shape index (κ3) is 3.71. The molecule has 0 radical (unpaired) electrons. The summed E-state index contributed by atoms with van der Waals surface area (Å²) in [5.74, 6) is 0.498. The van der Waals surface area contributed by atoms with Crippen LogP contribution in [0.3, 0.4) is 0 Å². The molecule has 7 nitrogen and oxygen atoms in total. The molecule has 0 unspecified atom stereocenters. The van der Waals surface area contributed by atoms with Crippen LogP contribution in [0.4, 0.5) is 5.69 Å². The Morgan fingerprint density at radius 3 is 2.33 bits per heavy atom. The number of anilines is 1. The van der Waals surface area contributed by atoms with E-state index in [1.807, 2.05) is 19.9 Å². The van der Waals surface area contributed by atoms with Crippen molar-refractivity contribution in [2.24, 2.45) is 0 Å². The molecule has 0 aliphatic heterocycles. The van der Waals surface area contributed by atoms with E-state index in [2.05, 4.69) is 5.32 Å². The van der Waals surface area contributed by atoms with Gasteiger partial charge < -0.3 is 25.4 Å². The monoisotopic (exact) mass is 332 g/mol. The minimum atomic E-state index is -0.333. The Balaban J connectivity index is 3.56. The quantitative estimate of drug-likeness (QED) is 0.447. The molecular weight excluding hydrogens is 308 g/mol. The van der Waals surface area contributed by atoms with Gasteiger partial charge in [0.25, 0.3) is 5.91 Å². The van der Waals surface area contributed by atoms with Gasteiger partial charge in [-0.1, -0.05) is 0 Å². The van der Waals surface area contributed by atoms with Gasteiger partial charge in [-0.2, -0.15) is 5.26 Å². The number of benzene rings is 1. The number of ether oxygens (including phenoxy) is 2. The third-order valence-electron chi connectivity index (χ3n) is 3.67. The molecule has 1 amide bonds. The third-order valence-corrected chi connectivity index (χ3v) is 3.67. The molecule has 7 heteroatoms. The molecule has 0 aromatic heterocycles. The zero-order valence-electron chi connectivity index (χ0n) is 14.8. The van der Waals surface area contributed by atoms with E-state index in [0.717, 1.165) is 0 Å². The number of nitrogens with zero attached hydrogens (tertiary/aromatic N) is 2. The fourth-order valence-electron chi connectivity index (χ4n) is 2.43. The fraction of sp³-hybridized carbons (Fsp3) is 0.412. The zero-order valence-corrected chi connectivity index (χ0v) is 14.8. The van der Waals surface area contributed by atoms with Crippen molar-refractivity contribution in [3.05, 3.63) is 23.3 Å². The lowest BCUT2D eigenvalue weighted by Crippen LogP contribution is -2.32. The Kier molecular flexibility index (Phi) is 6.93. The topological polar surface area (TPSA) is 101 Å². The van der Waals surface area contributed by atoms with E-state index in [1.165, 1.54) is 14.2 Å². The Bertz CT molecular complexity index is 673. The smallest absolute Gasteiger partial charge is 0.266 e. The molecule has 0 fully saturated rings. The first kappa shape index (κ1) is 19.2. The summed E-state index contributed by atoms with van der Waals surface area (Å²) in [5.41, 5.74) is 7.34. The van der Waals surface area contributed by atoms with Crippen LogP contribution in [0.5, 0.6) is 11.5 Å². The molecule has 0 saturated carbocycles. The molecule has 1 rings (SSSR count). The lowest BCUT2D eigenvalue weighted by Gasteiger charge is -2.20. The predicted octanol–water partition coefficient (Wildman–Crippen LogP) is 1.61. The minimum Gasteiger partial charge on any atom is -0.493 e. The number of rotatable bonds is 7. The van der Waals surface area contributed by atoms with Crippen LogP contribution >= 0.6 is 0 Å². The summed E-state index contributed by atoms with van der Waals surface area (Å²) < 4.78 is 10.5. The predicted molar refractivity (Wildman–Crippen MR) is 93.5 cm³/mol. The number of methoxy groups -OCH3 is 2. The normalized spacial score (nSPS) is 11.2. The molecule has 0 heterocycles. The van der Waals surface area contributed by atoms with Crippen LogP contribution in [-0.4, -0.2) is 45.2 Å². The lowest BCUT2D eigenvalue weighted by atomic mass is 10.0. The van der Waals surface area contributed by atoms with Gasteiger partial charge >= 0.3 is 0 Å². The number of nitrogens with two attached hydrogens (primary N) is 1. The van der Waals surface area contributed by atoms with Gasteiger partial charge in [-0.3, -0.25) is 4.79 Å². The number of hydrogen-bond donors (Lipinski definition) is 2. The molecule has 3 N–H and O–H groups in total. The van der Waals surface area contributed by atoms with Crippen molar-refractivity contribution in [2.45, 2.75) is 13.8 Å². The fourth-order valence-corrected chi connectivity index (χ4v) is 2.43. The van der Waals surface area contributed by atoms with Gasteiger partial charge in [-0.05, 0) is 26.0 Å². The average Bonchev–Trinajstić information content (AvgIpc) is 2.59. The van der Waals surface area contributed by atoms with Crippen LogP contribution in [0.2, 0.25) is 0 Å². The summed E-state index contributed by atoms with van der Waals surface area (Å²) in [6.07, 6.45) is 0. The van der Waals surface area contributed by atoms with E-state index >= 15 is 0 Å². The number of nitriles is 1. The largest absolute Gasteiger partial charge is 0.493 e. The van der Waals surface area contributed by atoms with Crippen molar-refractivity contribution in [3.63, 3.8) is 0 Å². The highest BCUT2D eigenvalue weighted by molar-refractivity contribution is 6.04. The van der Waals surface area contributed by atoms with Gasteiger partial charge in [0.05, 0.1) is 25.6 Å². The number of hydrogen-bond acceptors (Lipinski definition) is 6. The number of carbonyl (C=O) groups excluding carboxylic acids is 1. The van der Waals surface area contributed by atoms with Gasteiger partial charge in [0, 0.05) is 25.7 Å². The van der Waals surface area contributed by atoms with Gasteiger partial charge in [0.15, 0.2) is 11.5 Å². The second-order valence-electron chi connectivity index (χ2n) is 4.89. The SMILES string of the molecule is CCN(CC)C(=O)/C(C#N)=C(\NC)c1cc(N)c(OC)c(OC)c1. The second-order valence-corrected chi connectivity index (χ2v) is 4.89. The van der Waals surface area contributed by atoms with Crippen LogP contribution in [0, 0.1) is 11.3 Å². The van der Waals surface area contributed by atoms with Crippen LogP contribution in [0.15, 0.2) is 17.7 Å².